The maximum Gasteiger partial charge on any atom is 0.279 e. The lowest BCUT2D eigenvalue weighted by Crippen LogP contribution is -2.41. The first-order valence-corrected chi connectivity index (χ1v) is 12.6. The molecule has 0 spiro atoms. The third-order valence-electron chi connectivity index (χ3n) is 5.21. The second-order valence-corrected chi connectivity index (χ2v) is 10.3. The number of anilines is 1. The van der Waals surface area contributed by atoms with Gasteiger partial charge in [-0.05, 0) is 73.7 Å². The fourth-order valence-corrected chi connectivity index (χ4v) is 5.76. The van der Waals surface area contributed by atoms with E-state index in [1.165, 1.54) is 64.6 Å². The summed E-state index contributed by atoms with van der Waals surface area (Å²) in [5, 5.41) is 0. The van der Waals surface area contributed by atoms with Crippen molar-refractivity contribution in [1.82, 2.24) is 10.9 Å². The molecule has 7 nitrogen and oxygen atoms in total. The fraction of sp³-hybridized carbons (Fsp3) is 0.217. The molecule has 2 aromatic carbocycles. The lowest BCUT2D eigenvalue weighted by molar-refractivity contribution is 0.0849. The number of nitrogens with one attached hydrogen (secondary N) is 3. The van der Waals surface area contributed by atoms with Gasteiger partial charge in [0.2, 0.25) is 0 Å². The Bertz CT molecular complexity index is 1200. The van der Waals surface area contributed by atoms with E-state index in [0.717, 1.165) is 25.7 Å². The van der Waals surface area contributed by atoms with Crippen molar-refractivity contribution >= 4 is 38.9 Å². The van der Waals surface area contributed by atoms with Crippen molar-refractivity contribution < 1.29 is 18.0 Å². The average Bonchev–Trinajstić information content (AvgIpc) is 3.08. The van der Waals surface area contributed by atoms with Crippen LogP contribution >= 0.6 is 11.3 Å². The molecular formula is C23H23N3O4S2. The summed E-state index contributed by atoms with van der Waals surface area (Å²) in [6.45, 7) is 0. The van der Waals surface area contributed by atoms with Crippen LogP contribution in [0.2, 0.25) is 0 Å². The monoisotopic (exact) mass is 469 g/mol. The van der Waals surface area contributed by atoms with Crippen LogP contribution in [0.1, 0.15) is 49.7 Å². The van der Waals surface area contributed by atoms with Crippen LogP contribution < -0.4 is 15.6 Å². The Labute approximate surface area is 190 Å². The Hall–Kier alpha value is -3.17. The van der Waals surface area contributed by atoms with Gasteiger partial charge in [0.05, 0.1) is 9.77 Å². The maximum absolute atomic E-state index is 12.4. The second-order valence-electron chi connectivity index (χ2n) is 7.52. The van der Waals surface area contributed by atoms with E-state index in [-0.39, 0.29) is 16.4 Å². The molecule has 0 radical (unpaired) electrons. The molecule has 0 aliphatic heterocycles. The SMILES string of the molecule is O=C(NNC(=O)c1cc2c(s1)CCCCC2)c1ccc(NS(=O)(=O)c2ccccc2)cc1. The Balaban J connectivity index is 1.34. The second kappa shape index (κ2) is 9.54. The highest BCUT2D eigenvalue weighted by molar-refractivity contribution is 7.92. The predicted molar refractivity (Wildman–Crippen MR) is 124 cm³/mol. The van der Waals surface area contributed by atoms with Crippen molar-refractivity contribution in [3.63, 3.8) is 0 Å². The number of aryl methyl sites for hydroxylation is 2. The van der Waals surface area contributed by atoms with E-state index >= 15 is 0 Å². The highest BCUT2D eigenvalue weighted by atomic mass is 32.2. The first kappa shape index (κ1) is 22.0. The molecule has 1 aliphatic carbocycles. The molecule has 0 atom stereocenters. The van der Waals surface area contributed by atoms with Gasteiger partial charge in [-0.3, -0.25) is 25.2 Å². The van der Waals surface area contributed by atoms with E-state index < -0.39 is 15.9 Å². The van der Waals surface area contributed by atoms with Crippen molar-refractivity contribution in [2.45, 2.75) is 37.0 Å². The van der Waals surface area contributed by atoms with Crippen LogP contribution in [0, 0.1) is 0 Å². The molecule has 0 unspecified atom stereocenters. The van der Waals surface area contributed by atoms with Gasteiger partial charge >= 0.3 is 0 Å². The number of sulfonamides is 1. The Kier molecular flexibility index (Phi) is 6.57. The van der Waals surface area contributed by atoms with Crippen LogP contribution in [0.3, 0.4) is 0 Å². The number of carbonyl (C=O) groups excluding carboxylic acids is 2. The molecule has 2 amide bonds. The van der Waals surface area contributed by atoms with Crippen LogP contribution in [0.4, 0.5) is 5.69 Å². The smallest absolute Gasteiger partial charge is 0.279 e. The zero-order valence-corrected chi connectivity index (χ0v) is 18.9. The number of thiophene rings is 1. The number of amides is 2. The number of benzene rings is 2. The van der Waals surface area contributed by atoms with Gasteiger partial charge in [-0.25, -0.2) is 8.42 Å². The average molecular weight is 470 g/mol. The number of carbonyl (C=O) groups is 2. The lowest BCUT2D eigenvalue weighted by Gasteiger charge is -2.09. The van der Waals surface area contributed by atoms with E-state index in [1.807, 2.05) is 6.07 Å². The largest absolute Gasteiger partial charge is 0.280 e. The summed E-state index contributed by atoms with van der Waals surface area (Å²) in [6.07, 6.45) is 5.49. The van der Waals surface area contributed by atoms with Gasteiger partial charge in [0.15, 0.2) is 0 Å². The van der Waals surface area contributed by atoms with Gasteiger partial charge in [0, 0.05) is 16.1 Å². The minimum Gasteiger partial charge on any atom is -0.280 e. The van der Waals surface area contributed by atoms with Gasteiger partial charge < -0.3 is 0 Å². The molecule has 3 N–H and O–H groups in total. The number of hydrazine groups is 1. The number of hydrogen-bond donors (Lipinski definition) is 3. The van der Waals surface area contributed by atoms with E-state index in [9.17, 15) is 18.0 Å². The topological polar surface area (TPSA) is 104 Å². The molecule has 0 saturated heterocycles. The molecule has 1 aromatic heterocycles. The molecule has 166 valence electrons. The summed E-state index contributed by atoms with van der Waals surface area (Å²) in [7, 11) is -3.71. The van der Waals surface area contributed by atoms with Crippen molar-refractivity contribution in [2.75, 3.05) is 4.72 Å². The predicted octanol–water partition coefficient (Wildman–Crippen LogP) is 3.89. The lowest BCUT2D eigenvalue weighted by atomic mass is 10.1. The molecular weight excluding hydrogens is 446 g/mol. The van der Waals surface area contributed by atoms with Crippen LogP contribution in [-0.2, 0) is 22.9 Å². The Morgan fingerprint density at radius 2 is 1.50 bits per heavy atom. The minimum atomic E-state index is -3.71. The third kappa shape index (κ3) is 5.17. The summed E-state index contributed by atoms with van der Waals surface area (Å²) in [4.78, 5) is 26.8. The first-order valence-electron chi connectivity index (χ1n) is 10.3. The van der Waals surface area contributed by atoms with Crippen molar-refractivity contribution in [3.8, 4) is 0 Å². The van der Waals surface area contributed by atoms with Gasteiger partial charge in [-0.15, -0.1) is 11.3 Å². The zero-order chi connectivity index (χ0) is 22.6. The molecule has 1 aliphatic rings. The van der Waals surface area contributed by atoms with E-state index in [2.05, 4.69) is 15.6 Å². The third-order valence-corrected chi connectivity index (χ3v) is 7.85. The molecule has 32 heavy (non-hydrogen) atoms. The first-order chi connectivity index (χ1) is 15.4. The van der Waals surface area contributed by atoms with Crippen LogP contribution in [-0.4, -0.2) is 20.2 Å². The number of rotatable bonds is 5. The molecule has 3 aromatic rings. The summed E-state index contributed by atoms with van der Waals surface area (Å²) in [5.74, 6) is -0.836. The van der Waals surface area contributed by atoms with Gasteiger partial charge in [0.25, 0.3) is 21.8 Å². The van der Waals surface area contributed by atoms with Crippen molar-refractivity contribution in [1.29, 1.82) is 0 Å². The molecule has 4 rings (SSSR count). The van der Waals surface area contributed by atoms with Crippen molar-refractivity contribution in [2.24, 2.45) is 0 Å². The van der Waals surface area contributed by atoms with Crippen LogP contribution in [0.25, 0.3) is 0 Å². The summed E-state index contributed by atoms with van der Waals surface area (Å²) in [5.41, 5.74) is 6.72. The summed E-state index contributed by atoms with van der Waals surface area (Å²) >= 11 is 1.48. The quantitative estimate of drug-likeness (QED) is 0.389. The van der Waals surface area contributed by atoms with Crippen LogP contribution in [0.5, 0.6) is 0 Å². The number of fused-ring (bicyclic) bond motifs is 1. The maximum atomic E-state index is 12.4. The molecule has 9 heteroatoms. The van der Waals surface area contributed by atoms with Gasteiger partial charge in [-0.1, -0.05) is 24.6 Å². The van der Waals surface area contributed by atoms with Gasteiger partial charge in [0.1, 0.15) is 0 Å². The van der Waals surface area contributed by atoms with Gasteiger partial charge in [-0.2, -0.15) is 0 Å². The summed E-state index contributed by atoms with van der Waals surface area (Å²) in [6, 6.07) is 15.9. The van der Waals surface area contributed by atoms with E-state index in [0.29, 0.717) is 10.6 Å². The number of hydrogen-bond acceptors (Lipinski definition) is 5. The normalized spacial score (nSPS) is 13.5. The standard InChI is InChI=1S/C23H23N3O4S2/c27-22(24-25-23(28)21-15-17-7-3-1-6-10-20(17)31-21)16-11-13-18(14-12-16)26-32(29,30)19-8-4-2-5-9-19/h2,4-5,8-9,11-15,26H,1,3,6-7,10H2,(H,24,27)(H,25,28). The summed E-state index contributed by atoms with van der Waals surface area (Å²) < 4.78 is 27.2. The van der Waals surface area contributed by atoms with Crippen LogP contribution in [0.15, 0.2) is 65.6 Å². The van der Waals surface area contributed by atoms with E-state index in [4.69, 9.17) is 0 Å². The molecule has 0 fully saturated rings. The Morgan fingerprint density at radius 1 is 0.812 bits per heavy atom. The fourth-order valence-electron chi connectivity index (χ4n) is 3.53. The molecule has 0 saturated carbocycles. The van der Waals surface area contributed by atoms with E-state index in [1.54, 1.807) is 18.2 Å². The molecule has 0 bridgehead atoms. The minimum absolute atomic E-state index is 0.149. The molecule has 1 heterocycles. The highest BCUT2D eigenvalue weighted by Crippen LogP contribution is 2.28. The Morgan fingerprint density at radius 3 is 2.25 bits per heavy atom. The highest BCUT2D eigenvalue weighted by Gasteiger charge is 2.17. The zero-order valence-electron chi connectivity index (χ0n) is 17.3. The van der Waals surface area contributed by atoms with Crippen molar-refractivity contribution in [3.05, 3.63) is 81.5 Å².